The zero-order valence-electron chi connectivity index (χ0n) is 17.3. The lowest BCUT2D eigenvalue weighted by Gasteiger charge is -2.27. The Kier molecular flexibility index (Phi) is 6.33. The number of aromatic nitrogens is 3. The van der Waals surface area contributed by atoms with Crippen LogP contribution in [0.4, 0.5) is 27.8 Å². The van der Waals surface area contributed by atoms with Gasteiger partial charge in [-0.25, -0.2) is 19.7 Å². The summed E-state index contributed by atoms with van der Waals surface area (Å²) in [6.45, 7) is 2.50. The molecule has 4 heterocycles. The van der Waals surface area contributed by atoms with Crippen molar-refractivity contribution in [3.05, 3.63) is 29.8 Å². The summed E-state index contributed by atoms with van der Waals surface area (Å²) in [4.78, 5) is 31.1. The Morgan fingerprint density at radius 1 is 1.42 bits per heavy atom. The molecule has 1 fully saturated rings. The number of nitrogens with one attached hydrogen (secondary N) is 2. The van der Waals surface area contributed by atoms with Crippen LogP contribution in [0.15, 0.2) is 23.5 Å². The maximum atomic E-state index is 12.0. The number of pyridine rings is 1. The summed E-state index contributed by atoms with van der Waals surface area (Å²) in [7, 11) is 1.36. The SMILES string of the molecule is COC(=O)N1CCCc2nc(Nc3cnc(C#N)c(N=C[C@@H]4CCCNC4)c3)ncc21. The van der Waals surface area contributed by atoms with Crippen molar-refractivity contribution in [1.82, 2.24) is 20.3 Å². The molecule has 4 rings (SSSR count). The van der Waals surface area contributed by atoms with Crippen molar-refractivity contribution in [2.75, 3.05) is 37.0 Å². The molecule has 0 aromatic carbocycles. The summed E-state index contributed by atoms with van der Waals surface area (Å²) in [6, 6.07) is 3.85. The summed E-state index contributed by atoms with van der Waals surface area (Å²) < 4.78 is 4.84. The molecular formula is C21H24N8O2. The number of ether oxygens (including phenoxy) is 1. The van der Waals surface area contributed by atoms with Gasteiger partial charge in [-0.2, -0.15) is 5.26 Å². The van der Waals surface area contributed by atoms with E-state index in [4.69, 9.17) is 4.74 Å². The summed E-state index contributed by atoms with van der Waals surface area (Å²) in [6.07, 6.45) is 8.39. The zero-order chi connectivity index (χ0) is 21.6. The van der Waals surface area contributed by atoms with Gasteiger partial charge in [0.05, 0.1) is 36.6 Å². The van der Waals surface area contributed by atoms with E-state index < -0.39 is 6.09 Å². The van der Waals surface area contributed by atoms with Gasteiger partial charge < -0.3 is 15.4 Å². The van der Waals surface area contributed by atoms with Crippen LogP contribution in [0, 0.1) is 17.2 Å². The molecule has 10 heteroatoms. The molecule has 1 atom stereocenters. The van der Waals surface area contributed by atoms with Crippen molar-refractivity contribution < 1.29 is 9.53 Å². The normalized spacial score (nSPS) is 18.3. The van der Waals surface area contributed by atoms with Crippen molar-refractivity contribution in [2.45, 2.75) is 25.7 Å². The van der Waals surface area contributed by atoms with Gasteiger partial charge in [0.1, 0.15) is 11.8 Å². The number of hydrogen-bond acceptors (Lipinski definition) is 9. The van der Waals surface area contributed by atoms with Gasteiger partial charge in [-0.1, -0.05) is 0 Å². The Balaban J connectivity index is 1.53. The predicted octanol–water partition coefficient (Wildman–Crippen LogP) is 2.71. The Morgan fingerprint density at radius 2 is 2.32 bits per heavy atom. The topological polar surface area (TPSA) is 128 Å². The third-order valence-electron chi connectivity index (χ3n) is 5.32. The van der Waals surface area contributed by atoms with Crippen LogP contribution >= 0.6 is 0 Å². The molecule has 1 amide bonds. The molecule has 0 bridgehead atoms. The second kappa shape index (κ2) is 9.49. The van der Waals surface area contributed by atoms with E-state index in [9.17, 15) is 10.1 Å². The molecule has 2 aliphatic rings. The lowest BCUT2D eigenvalue weighted by Crippen LogP contribution is -2.35. The molecular weight excluding hydrogens is 396 g/mol. The van der Waals surface area contributed by atoms with Gasteiger partial charge >= 0.3 is 6.09 Å². The Hall–Kier alpha value is -3.58. The van der Waals surface area contributed by atoms with Gasteiger partial charge in [-0.05, 0) is 38.3 Å². The number of nitriles is 1. The molecule has 0 unspecified atom stereocenters. The van der Waals surface area contributed by atoms with Crippen molar-refractivity contribution in [3.8, 4) is 6.07 Å². The molecule has 2 aliphatic heterocycles. The zero-order valence-corrected chi connectivity index (χ0v) is 17.3. The van der Waals surface area contributed by atoms with Gasteiger partial charge in [0.15, 0.2) is 5.69 Å². The molecule has 31 heavy (non-hydrogen) atoms. The number of amides is 1. The second-order valence-electron chi connectivity index (χ2n) is 7.46. The number of carbonyl (C=O) groups excluding carboxylic acids is 1. The summed E-state index contributed by atoms with van der Waals surface area (Å²) in [5.74, 6) is 0.738. The van der Waals surface area contributed by atoms with E-state index in [1.54, 1.807) is 23.4 Å². The third kappa shape index (κ3) is 4.78. The van der Waals surface area contributed by atoms with Crippen molar-refractivity contribution >= 4 is 35.3 Å². The monoisotopic (exact) mass is 420 g/mol. The molecule has 160 valence electrons. The number of fused-ring (bicyclic) bond motifs is 1. The van der Waals surface area contributed by atoms with Gasteiger partial charge in [-0.15, -0.1) is 0 Å². The van der Waals surface area contributed by atoms with Crippen LogP contribution in [-0.4, -0.2) is 54.0 Å². The number of nitrogens with zero attached hydrogens (tertiary/aromatic N) is 6. The van der Waals surface area contributed by atoms with E-state index >= 15 is 0 Å². The minimum atomic E-state index is -0.419. The maximum Gasteiger partial charge on any atom is 0.414 e. The van der Waals surface area contributed by atoms with Gasteiger partial charge in [0.25, 0.3) is 0 Å². The molecule has 2 aromatic rings. The number of piperidine rings is 1. The quantitative estimate of drug-likeness (QED) is 0.723. The van der Waals surface area contributed by atoms with Gasteiger partial charge in [0.2, 0.25) is 5.95 Å². The van der Waals surface area contributed by atoms with Crippen LogP contribution in [0.5, 0.6) is 0 Å². The lowest BCUT2D eigenvalue weighted by molar-refractivity contribution is 0.178. The molecule has 0 radical (unpaired) electrons. The van der Waals surface area contributed by atoms with Gasteiger partial charge in [-0.3, -0.25) is 9.89 Å². The summed E-state index contributed by atoms with van der Waals surface area (Å²) in [5, 5.41) is 15.8. The second-order valence-corrected chi connectivity index (χ2v) is 7.46. The number of aliphatic imine (C=N–C) groups is 1. The van der Waals surface area contributed by atoms with Crippen molar-refractivity contribution in [1.29, 1.82) is 5.26 Å². The fourth-order valence-corrected chi connectivity index (χ4v) is 3.73. The smallest absolute Gasteiger partial charge is 0.414 e. The number of methoxy groups -OCH3 is 1. The van der Waals surface area contributed by atoms with E-state index in [-0.39, 0.29) is 5.69 Å². The minimum Gasteiger partial charge on any atom is -0.452 e. The first-order valence-electron chi connectivity index (χ1n) is 10.3. The number of anilines is 3. The van der Waals surface area contributed by atoms with E-state index in [0.29, 0.717) is 35.5 Å². The highest BCUT2D eigenvalue weighted by Gasteiger charge is 2.25. The van der Waals surface area contributed by atoms with E-state index in [2.05, 4.69) is 36.6 Å². The van der Waals surface area contributed by atoms with Crippen LogP contribution in [-0.2, 0) is 11.2 Å². The first-order valence-corrected chi connectivity index (χ1v) is 10.3. The third-order valence-corrected chi connectivity index (χ3v) is 5.32. The number of hydrogen-bond donors (Lipinski definition) is 2. The first kappa shape index (κ1) is 20.7. The molecule has 10 nitrogen and oxygen atoms in total. The van der Waals surface area contributed by atoms with E-state index in [1.165, 1.54) is 7.11 Å². The fraction of sp³-hybridized carbons (Fsp3) is 0.429. The first-order chi connectivity index (χ1) is 15.2. The van der Waals surface area contributed by atoms with Crippen molar-refractivity contribution in [2.24, 2.45) is 10.9 Å². The fourth-order valence-electron chi connectivity index (χ4n) is 3.73. The number of carbonyl (C=O) groups is 1. The van der Waals surface area contributed by atoms with Crippen molar-refractivity contribution in [3.63, 3.8) is 0 Å². The lowest BCUT2D eigenvalue weighted by atomic mass is 10.0. The average Bonchev–Trinajstić information content (AvgIpc) is 2.82. The predicted molar refractivity (Wildman–Crippen MR) is 116 cm³/mol. The Labute approximate surface area is 180 Å². The molecule has 2 aromatic heterocycles. The number of aryl methyl sites for hydroxylation is 1. The highest BCUT2D eigenvalue weighted by atomic mass is 16.5. The summed E-state index contributed by atoms with van der Waals surface area (Å²) >= 11 is 0. The van der Waals surface area contributed by atoms with Crippen LogP contribution in [0.1, 0.15) is 30.7 Å². The molecule has 2 N–H and O–H groups in total. The molecule has 1 saturated heterocycles. The molecule has 0 spiro atoms. The largest absolute Gasteiger partial charge is 0.452 e. The number of rotatable bonds is 4. The minimum absolute atomic E-state index is 0.269. The maximum absolute atomic E-state index is 12.0. The van der Waals surface area contributed by atoms with Crippen LogP contribution in [0.3, 0.4) is 0 Å². The molecule has 0 aliphatic carbocycles. The Bertz CT molecular complexity index is 1030. The van der Waals surface area contributed by atoms with Crippen LogP contribution in [0.25, 0.3) is 0 Å². The standard InChI is InChI=1S/C21H24N8O2/c1-31-21(30)29-7-3-5-16-19(29)13-26-20(28-16)27-15-8-17(18(9-22)25-12-15)24-11-14-4-2-6-23-10-14/h8,11-14,23H,2-7,10H2,1H3,(H,26,27,28)/t14-/m1/s1. The highest BCUT2D eigenvalue weighted by molar-refractivity contribution is 5.88. The highest BCUT2D eigenvalue weighted by Crippen LogP contribution is 2.28. The van der Waals surface area contributed by atoms with E-state index in [1.807, 2.05) is 6.21 Å². The average molecular weight is 420 g/mol. The Morgan fingerprint density at radius 3 is 3.10 bits per heavy atom. The molecule has 0 saturated carbocycles. The van der Waals surface area contributed by atoms with Gasteiger partial charge in [0, 0.05) is 25.2 Å². The van der Waals surface area contributed by atoms with Crippen LogP contribution in [0.2, 0.25) is 0 Å². The van der Waals surface area contributed by atoms with Crippen LogP contribution < -0.4 is 15.5 Å². The van der Waals surface area contributed by atoms with E-state index in [0.717, 1.165) is 44.5 Å². The summed E-state index contributed by atoms with van der Waals surface area (Å²) in [5.41, 5.74) is 2.85.